The Labute approximate surface area is 143 Å². The lowest BCUT2D eigenvalue weighted by Crippen LogP contribution is -2.49. The van der Waals surface area contributed by atoms with Crippen LogP contribution in [0.1, 0.15) is 22.7 Å². The highest BCUT2D eigenvalue weighted by Gasteiger charge is 2.30. The fraction of sp³-hybridized carbons (Fsp3) is 0.350. The van der Waals surface area contributed by atoms with Crippen molar-refractivity contribution < 1.29 is 9.90 Å². The highest BCUT2D eigenvalue weighted by molar-refractivity contribution is 5.75. The Kier molecular flexibility index (Phi) is 4.86. The van der Waals surface area contributed by atoms with E-state index >= 15 is 0 Å². The first kappa shape index (κ1) is 16.5. The maximum Gasteiger partial charge on any atom is 0.325 e. The monoisotopic (exact) mass is 324 g/mol. The molecule has 0 radical (unpaired) electrons. The number of carboxylic acids is 1. The summed E-state index contributed by atoms with van der Waals surface area (Å²) in [6.07, 6.45) is 0. The van der Waals surface area contributed by atoms with Gasteiger partial charge in [-0.1, -0.05) is 48.0 Å². The molecule has 4 nitrogen and oxygen atoms in total. The fourth-order valence-electron chi connectivity index (χ4n) is 3.49. The summed E-state index contributed by atoms with van der Waals surface area (Å²) in [5.74, 6) is -0.773. The van der Waals surface area contributed by atoms with Crippen molar-refractivity contribution in [2.45, 2.75) is 19.9 Å². The van der Waals surface area contributed by atoms with Crippen LogP contribution in [0.4, 0.5) is 5.69 Å². The van der Waals surface area contributed by atoms with E-state index in [1.807, 2.05) is 37.3 Å². The van der Waals surface area contributed by atoms with Gasteiger partial charge in [-0.15, -0.1) is 0 Å². The maximum absolute atomic E-state index is 11.9. The van der Waals surface area contributed by atoms with Gasteiger partial charge in [-0.2, -0.15) is 0 Å². The number of para-hydroxylation sites is 1. The number of rotatable bonds is 4. The number of benzene rings is 2. The summed E-state index contributed by atoms with van der Waals surface area (Å²) >= 11 is 0. The Morgan fingerprint density at radius 2 is 1.71 bits per heavy atom. The molecule has 0 aliphatic carbocycles. The minimum absolute atomic E-state index is 0.566. The third kappa shape index (κ3) is 3.44. The number of aryl methyl sites for hydroxylation is 2. The molecule has 4 heteroatoms. The molecule has 1 aliphatic rings. The molecule has 2 aromatic rings. The normalized spacial score (nSPS) is 16.8. The SMILES string of the molecule is Cc1cccc([C@@H](C(=O)O)N2CCN(c3ccccc3C)CC2)c1. The Morgan fingerprint density at radius 1 is 1.00 bits per heavy atom. The van der Waals surface area contributed by atoms with Crippen molar-refractivity contribution in [3.63, 3.8) is 0 Å². The van der Waals surface area contributed by atoms with Gasteiger partial charge in [0.15, 0.2) is 0 Å². The maximum atomic E-state index is 11.9. The number of carboxylic acid groups (broad SMARTS) is 1. The molecule has 0 bridgehead atoms. The molecule has 0 unspecified atom stereocenters. The lowest BCUT2D eigenvalue weighted by atomic mass is 10.0. The number of anilines is 1. The van der Waals surface area contributed by atoms with Gasteiger partial charge in [0, 0.05) is 31.9 Å². The van der Waals surface area contributed by atoms with E-state index in [0.29, 0.717) is 0 Å². The van der Waals surface area contributed by atoms with Crippen molar-refractivity contribution >= 4 is 11.7 Å². The van der Waals surface area contributed by atoms with Crippen molar-refractivity contribution in [2.75, 3.05) is 31.1 Å². The molecule has 0 amide bonds. The summed E-state index contributed by atoms with van der Waals surface area (Å²) in [7, 11) is 0. The molecular weight excluding hydrogens is 300 g/mol. The van der Waals surface area contributed by atoms with Gasteiger partial charge in [0.2, 0.25) is 0 Å². The molecule has 1 aliphatic heterocycles. The van der Waals surface area contributed by atoms with Crippen molar-refractivity contribution in [1.29, 1.82) is 0 Å². The van der Waals surface area contributed by atoms with E-state index in [4.69, 9.17) is 0 Å². The predicted molar refractivity (Wildman–Crippen MR) is 96.5 cm³/mol. The topological polar surface area (TPSA) is 43.8 Å². The van der Waals surface area contributed by atoms with Crippen LogP contribution in [0, 0.1) is 13.8 Å². The van der Waals surface area contributed by atoms with Gasteiger partial charge in [0.05, 0.1) is 0 Å². The smallest absolute Gasteiger partial charge is 0.325 e. The van der Waals surface area contributed by atoms with Crippen LogP contribution in [0.3, 0.4) is 0 Å². The summed E-state index contributed by atoms with van der Waals surface area (Å²) < 4.78 is 0. The first-order valence-corrected chi connectivity index (χ1v) is 8.40. The molecule has 1 heterocycles. The van der Waals surface area contributed by atoms with Gasteiger partial charge >= 0.3 is 5.97 Å². The van der Waals surface area contributed by atoms with Crippen LogP contribution >= 0.6 is 0 Å². The molecule has 24 heavy (non-hydrogen) atoms. The zero-order valence-corrected chi connectivity index (χ0v) is 14.3. The minimum Gasteiger partial charge on any atom is -0.480 e. The van der Waals surface area contributed by atoms with E-state index in [-0.39, 0.29) is 0 Å². The summed E-state index contributed by atoms with van der Waals surface area (Å²) in [6, 6.07) is 15.6. The number of hydrogen-bond donors (Lipinski definition) is 1. The molecule has 0 aromatic heterocycles. The minimum atomic E-state index is -0.773. The number of carbonyl (C=O) groups is 1. The van der Waals surface area contributed by atoms with Crippen molar-refractivity contribution in [1.82, 2.24) is 4.90 Å². The van der Waals surface area contributed by atoms with Crippen molar-refractivity contribution in [3.8, 4) is 0 Å². The molecular formula is C20H24N2O2. The standard InChI is InChI=1S/C20H24N2O2/c1-15-6-5-8-17(14-15)19(20(23)24)22-12-10-21(11-13-22)18-9-4-3-7-16(18)2/h3-9,14,19H,10-13H2,1-2H3,(H,23,24)/t19-/m0/s1. The van der Waals surface area contributed by atoms with E-state index in [1.54, 1.807) is 0 Å². The fourth-order valence-corrected chi connectivity index (χ4v) is 3.49. The van der Waals surface area contributed by atoms with Crippen LogP contribution < -0.4 is 4.90 Å². The highest BCUT2D eigenvalue weighted by Crippen LogP contribution is 2.26. The molecule has 1 N–H and O–H groups in total. The number of nitrogens with zero attached hydrogens (tertiary/aromatic N) is 2. The Morgan fingerprint density at radius 3 is 2.33 bits per heavy atom. The van der Waals surface area contributed by atoms with Crippen molar-refractivity contribution in [2.24, 2.45) is 0 Å². The Hall–Kier alpha value is -2.33. The zero-order valence-electron chi connectivity index (χ0n) is 14.3. The lowest BCUT2D eigenvalue weighted by Gasteiger charge is -2.39. The molecule has 1 fully saturated rings. The van der Waals surface area contributed by atoms with Crippen LogP contribution in [0.5, 0.6) is 0 Å². The van der Waals surface area contributed by atoms with Crippen LogP contribution in [0.15, 0.2) is 48.5 Å². The predicted octanol–water partition coefficient (Wildman–Crippen LogP) is 3.25. The molecule has 1 saturated heterocycles. The van der Waals surface area contributed by atoms with E-state index in [9.17, 15) is 9.90 Å². The summed E-state index contributed by atoms with van der Waals surface area (Å²) in [6.45, 7) is 7.31. The second kappa shape index (κ2) is 7.05. The molecule has 126 valence electrons. The number of piperazine rings is 1. The van der Waals surface area contributed by atoms with Gasteiger partial charge in [0.25, 0.3) is 0 Å². The van der Waals surface area contributed by atoms with Gasteiger partial charge in [0.1, 0.15) is 6.04 Å². The third-order valence-electron chi connectivity index (χ3n) is 4.73. The first-order valence-electron chi connectivity index (χ1n) is 8.40. The van der Waals surface area contributed by atoms with E-state index in [1.165, 1.54) is 11.3 Å². The van der Waals surface area contributed by atoms with Gasteiger partial charge in [-0.3, -0.25) is 9.69 Å². The molecule has 3 rings (SSSR count). The largest absolute Gasteiger partial charge is 0.480 e. The van der Waals surface area contributed by atoms with Gasteiger partial charge in [-0.05, 0) is 31.0 Å². The van der Waals surface area contributed by atoms with E-state index < -0.39 is 12.0 Å². The van der Waals surface area contributed by atoms with E-state index in [0.717, 1.165) is 37.3 Å². The summed E-state index contributed by atoms with van der Waals surface area (Å²) in [4.78, 5) is 16.3. The Bertz CT molecular complexity index is 721. The molecule has 0 spiro atoms. The second-order valence-corrected chi connectivity index (χ2v) is 6.46. The molecule has 1 atom stereocenters. The summed E-state index contributed by atoms with van der Waals surface area (Å²) in [5, 5.41) is 9.74. The van der Waals surface area contributed by atoms with Gasteiger partial charge in [-0.25, -0.2) is 0 Å². The highest BCUT2D eigenvalue weighted by atomic mass is 16.4. The zero-order chi connectivity index (χ0) is 17.1. The van der Waals surface area contributed by atoms with Crippen LogP contribution in [0.25, 0.3) is 0 Å². The molecule has 2 aromatic carbocycles. The first-order chi connectivity index (χ1) is 11.6. The quantitative estimate of drug-likeness (QED) is 0.937. The average molecular weight is 324 g/mol. The number of hydrogen-bond acceptors (Lipinski definition) is 3. The van der Waals surface area contributed by atoms with Crippen LogP contribution in [-0.2, 0) is 4.79 Å². The lowest BCUT2D eigenvalue weighted by molar-refractivity contribution is -0.143. The second-order valence-electron chi connectivity index (χ2n) is 6.46. The van der Waals surface area contributed by atoms with Crippen LogP contribution in [-0.4, -0.2) is 42.2 Å². The molecule has 0 saturated carbocycles. The van der Waals surface area contributed by atoms with Crippen molar-refractivity contribution in [3.05, 3.63) is 65.2 Å². The Balaban J connectivity index is 1.74. The van der Waals surface area contributed by atoms with E-state index in [2.05, 4.69) is 34.9 Å². The average Bonchev–Trinajstić information content (AvgIpc) is 2.56. The summed E-state index contributed by atoms with van der Waals surface area (Å²) in [5.41, 5.74) is 4.48. The third-order valence-corrected chi connectivity index (χ3v) is 4.73. The number of aliphatic carboxylic acids is 1. The van der Waals surface area contributed by atoms with Gasteiger partial charge < -0.3 is 10.0 Å². The van der Waals surface area contributed by atoms with Crippen LogP contribution in [0.2, 0.25) is 0 Å².